The van der Waals surface area contributed by atoms with E-state index in [1.165, 1.54) is 32.1 Å². The highest BCUT2D eigenvalue weighted by molar-refractivity contribution is 5.86. The van der Waals surface area contributed by atoms with Crippen LogP contribution in [0, 0.1) is 29.6 Å². The van der Waals surface area contributed by atoms with E-state index in [1.807, 2.05) is 0 Å². The highest BCUT2D eigenvalue weighted by Crippen LogP contribution is 2.55. The zero-order chi connectivity index (χ0) is 9.28. The molecule has 0 radical (unpaired) electrons. The molecule has 1 saturated heterocycles. The van der Waals surface area contributed by atoms with Crippen LogP contribution in [-0.2, 0) is 4.79 Å². The summed E-state index contributed by atoms with van der Waals surface area (Å²) in [7, 11) is 0. The first-order valence-electron chi connectivity index (χ1n) is 6.11. The maximum Gasteiger partial charge on any atom is 0.225 e. The molecule has 4 atom stereocenters. The van der Waals surface area contributed by atoms with E-state index in [0.29, 0.717) is 17.9 Å². The molecule has 2 nitrogen and oxygen atoms in total. The number of amides is 1. The molecule has 2 heteroatoms. The molecular formula is C12H17NO. The van der Waals surface area contributed by atoms with Crippen molar-refractivity contribution < 1.29 is 4.79 Å². The molecule has 5 rings (SSSR count). The van der Waals surface area contributed by atoms with Gasteiger partial charge in [0.05, 0.1) is 5.92 Å². The summed E-state index contributed by atoms with van der Waals surface area (Å²) in [6.45, 7) is 0. The van der Waals surface area contributed by atoms with Crippen molar-refractivity contribution in [1.82, 2.24) is 5.32 Å². The van der Waals surface area contributed by atoms with Crippen LogP contribution in [0.4, 0.5) is 0 Å². The number of carbonyl (C=O) groups excluding carboxylic acids is 1. The Hall–Kier alpha value is -0.530. The van der Waals surface area contributed by atoms with Gasteiger partial charge in [-0.3, -0.25) is 4.79 Å². The minimum Gasteiger partial charge on any atom is -0.352 e. The van der Waals surface area contributed by atoms with Gasteiger partial charge in [-0.25, -0.2) is 0 Å². The Morgan fingerprint density at radius 3 is 2.21 bits per heavy atom. The Labute approximate surface area is 84.4 Å². The number of carbonyl (C=O) groups is 1. The average molecular weight is 191 g/mol. The van der Waals surface area contributed by atoms with Crippen molar-refractivity contribution in [3.05, 3.63) is 0 Å². The van der Waals surface area contributed by atoms with Crippen LogP contribution in [-0.4, -0.2) is 11.9 Å². The summed E-state index contributed by atoms with van der Waals surface area (Å²) in [6.07, 6.45) is 7.02. The van der Waals surface area contributed by atoms with E-state index in [-0.39, 0.29) is 0 Å². The molecule has 0 spiro atoms. The fraction of sp³-hybridized carbons (Fsp3) is 0.917. The largest absolute Gasteiger partial charge is 0.352 e. The molecule has 5 fully saturated rings. The molecule has 1 heterocycles. The second kappa shape index (κ2) is 2.34. The van der Waals surface area contributed by atoms with Crippen LogP contribution >= 0.6 is 0 Å². The van der Waals surface area contributed by atoms with Gasteiger partial charge in [-0.05, 0) is 55.8 Å². The maximum atomic E-state index is 11.6. The molecule has 0 aromatic carbocycles. The predicted molar refractivity (Wildman–Crippen MR) is 52.5 cm³/mol. The topological polar surface area (TPSA) is 29.1 Å². The van der Waals surface area contributed by atoms with Gasteiger partial charge >= 0.3 is 0 Å². The first-order valence-corrected chi connectivity index (χ1v) is 6.11. The lowest BCUT2D eigenvalue weighted by Gasteiger charge is -2.41. The minimum absolute atomic E-state index is 0.369. The molecule has 14 heavy (non-hydrogen) atoms. The third kappa shape index (κ3) is 0.807. The number of β-lactam (4-membered cyclic amide) rings is 1. The van der Waals surface area contributed by atoms with Crippen LogP contribution in [0.15, 0.2) is 0 Å². The Balaban J connectivity index is 1.76. The normalized spacial score (nSPS) is 58.7. The lowest BCUT2D eigenvalue weighted by atomic mass is 9.67. The van der Waals surface area contributed by atoms with E-state index in [9.17, 15) is 4.79 Å². The van der Waals surface area contributed by atoms with Crippen molar-refractivity contribution in [2.45, 2.75) is 38.1 Å². The maximum absolute atomic E-state index is 11.6. The first kappa shape index (κ1) is 7.72. The van der Waals surface area contributed by atoms with E-state index in [4.69, 9.17) is 0 Å². The summed E-state index contributed by atoms with van der Waals surface area (Å²) < 4.78 is 0. The summed E-state index contributed by atoms with van der Waals surface area (Å²) in [5, 5.41) is 3.16. The fourth-order valence-electron chi connectivity index (χ4n) is 4.88. The average Bonchev–Trinajstić information content (AvgIpc) is 2.23. The van der Waals surface area contributed by atoms with Gasteiger partial charge in [0, 0.05) is 6.04 Å². The van der Waals surface area contributed by atoms with E-state index in [2.05, 4.69) is 5.32 Å². The molecule has 1 aliphatic heterocycles. The molecule has 76 valence electrons. The summed E-state index contributed by atoms with van der Waals surface area (Å²) in [5.41, 5.74) is 0. The van der Waals surface area contributed by atoms with Crippen LogP contribution < -0.4 is 5.32 Å². The lowest BCUT2D eigenvalue weighted by molar-refractivity contribution is -0.139. The number of hydrogen-bond donors (Lipinski definition) is 1. The molecule has 4 bridgehead atoms. The predicted octanol–water partition coefficient (Wildman–Crippen LogP) is 1.56. The van der Waals surface area contributed by atoms with Crippen molar-refractivity contribution in [2.24, 2.45) is 29.6 Å². The summed E-state index contributed by atoms with van der Waals surface area (Å²) >= 11 is 0. The Bertz CT molecular complexity index is 287. The van der Waals surface area contributed by atoms with Gasteiger partial charge in [0.15, 0.2) is 0 Å². The number of rotatable bonds is 0. The number of hydrogen-bond acceptors (Lipinski definition) is 1. The van der Waals surface area contributed by atoms with E-state index >= 15 is 0 Å². The monoisotopic (exact) mass is 191 g/mol. The first-order chi connectivity index (χ1) is 6.81. The van der Waals surface area contributed by atoms with Gasteiger partial charge in [-0.1, -0.05) is 0 Å². The quantitative estimate of drug-likeness (QED) is 0.578. The Morgan fingerprint density at radius 1 is 0.929 bits per heavy atom. The molecule has 1 amide bonds. The summed E-state index contributed by atoms with van der Waals surface area (Å²) in [5.74, 6) is 4.33. The van der Waals surface area contributed by atoms with Crippen LogP contribution in [0.25, 0.3) is 0 Å². The molecule has 4 aliphatic carbocycles. The van der Waals surface area contributed by atoms with Gasteiger partial charge in [0.25, 0.3) is 0 Å². The molecule has 0 aromatic heterocycles. The van der Waals surface area contributed by atoms with Crippen LogP contribution in [0.1, 0.15) is 32.1 Å². The molecule has 0 aromatic rings. The highest BCUT2D eigenvalue weighted by atomic mass is 16.2. The summed E-state index contributed by atoms with van der Waals surface area (Å²) in [4.78, 5) is 11.6. The third-order valence-corrected chi connectivity index (χ3v) is 5.23. The smallest absolute Gasteiger partial charge is 0.225 e. The third-order valence-electron chi connectivity index (χ3n) is 5.23. The molecule has 1 N–H and O–H groups in total. The van der Waals surface area contributed by atoms with Crippen molar-refractivity contribution >= 4 is 5.91 Å². The van der Waals surface area contributed by atoms with Crippen molar-refractivity contribution in [1.29, 1.82) is 0 Å². The lowest BCUT2D eigenvalue weighted by Crippen LogP contribution is -2.62. The van der Waals surface area contributed by atoms with Gasteiger partial charge in [0.1, 0.15) is 0 Å². The standard InChI is InChI=1S/C12H17NO/c14-12-10-8-2-6-1-7(3-8)5-9(4-6)11(10)13-12/h6-11H,1-5H2,(H,13,14)/t6?,7?,8?,9?,10-,11+/m0/s1. The highest BCUT2D eigenvalue weighted by Gasteiger charge is 2.55. The Kier molecular flexibility index (Phi) is 1.29. The van der Waals surface area contributed by atoms with Crippen LogP contribution in [0.3, 0.4) is 0 Å². The molecule has 4 saturated carbocycles. The SMILES string of the molecule is O=C1N[C@@H]2C3CC4CC(C3)CC(C4)[C@H]12. The number of nitrogens with one attached hydrogen (secondary N) is 1. The second-order valence-corrected chi connectivity index (χ2v) is 5.99. The molecule has 5 aliphatic rings. The van der Waals surface area contributed by atoms with Crippen LogP contribution in [0.5, 0.6) is 0 Å². The van der Waals surface area contributed by atoms with E-state index in [1.54, 1.807) is 0 Å². The minimum atomic E-state index is 0.369. The molecule has 2 unspecified atom stereocenters. The van der Waals surface area contributed by atoms with Crippen LogP contribution in [0.2, 0.25) is 0 Å². The fourth-order valence-corrected chi connectivity index (χ4v) is 4.88. The zero-order valence-corrected chi connectivity index (χ0v) is 8.41. The van der Waals surface area contributed by atoms with Crippen molar-refractivity contribution in [2.75, 3.05) is 0 Å². The van der Waals surface area contributed by atoms with Gasteiger partial charge < -0.3 is 5.32 Å². The Morgan fingerprint density at radius 2 is 1.57 bits per heavy atom. The van der Waals surface area contributed by atoms with E-state index < -0.39 is 0 Å². The van der Waals surface area contributed by atoms with Crippen molar-refractivity contribution in [3.8, 4) is 0 Å². The van der Waals surface area contributed by atoms with Gasteiger partial charge in [0.2, 0.25) is 5.91 Å². The summed E-state index contributed by atoms with van der Waals surface area (Å²) in [6, 6.07) is 0.586. The second-order valence-electron chi connectivity index (χ2n) is 5.99. The zero-order valence-electron chi connectivity index (χ0n) is 8.41. The molecular weight excluding hydrogens is 174 g/mol. The van der Waals surface area contributed by atoms with Crippen molar-refractivity contribution in [3.63, 3.8) is 0 Å². The van der Waals surface area contributed by atoms with Gasteiger partial charge in [-0.15, -0.1) is 0 Å². The van der Waals surface area contributed by atoms with E-state index in [0.717, 1.165) is 23.7 Å². The van der Waals surface area contributed by atoms with Gasteiger partial charge in [-0.2, -0.15) is 0 Å².